The first kappa shape index (κ1) is 18.9. The van der Waals surface area contributed by atoms with Crippen molar-refractivity contribution in [3.8, 4) is 6.07 Å². The van der Waals surface area contributed by atoms with Crippen LogP contribution >= 0.6 is 0 Å². The molecular formula is C24H30FN. The predicted molar refractivity (Wildman–Crippen MR) is 105 cm³/mol. The van der Waals surface area contributed by atoms with E-state index in [0.29, 0.717) is 11.8 Å². The Balaban J connectivity index is 1.46. The molecule has 1 nitrogen and oxygen atoms in total. The van der Waals surface area contributed by atoms with Crippen molar-refractivity contribution in [2.75, 3.05) is 0 Å². The molecule has 0 aromatic heterocycles. The number of benzene rings is 1. The lowest BCUT2D eigenvalue weighted by Crippen LogP contribution is -2.14. The molecule has 138 valence electrons. The lowest BCUT2D eigenvalue weighted by molar-refractivity contribution is 0.310. The monoisotopic (exact) mass is 351 g/mol. The van der Waals surface area contributed by atoms with E-state index >= 15 is 0 Å². The molecule has 2 aliphatic carbocycles. The molecule has 0 bridgehead atoms. The normalized spacial score (nSPS) is 29.4. The van der Waals surface area contributed by atoms with Gasteiger partial charge in [-0.25, -0.2) is 4.39 Å². The Kier molecular flexibility index (Phi) is 6.67. The Labute approximate surface area is 157 Å². The van der Waals surface area contributed by atoms with Gasteiger partial charge in [0.1, 0.15) is 11.9 Å². The van der Waals surface area contributed by atoms with Crippen LogP contribution in [0.2, 0.25) is 0 Å². The van der Waals surface area contributed by atoms with Gasteiger partial charge in [0.05, 0.1) is 5.56 Å². The van der Waals surface area contributed by atoms with E-state index in [0.717, 1.165) is 30.2 Å². The maximum absolute atomic E-state index is 13.8. The second-order valence-electron chi connectivity index (χ2n) is 8.15. The van der Waals surface area contributed by atoms with Crippen LogP contribution < -0.4 is 0 Å². The highest BCUT2D eigenvalue weighted by Gasteiger charge is 2.23. The lowest BCUT2D eigenvalue weighted by atomic mass is 9.77. The molecular weight excluding hydrogens is 321 g/mol. The van der Waals surface area contributed by atoms with E-state index in [4.69, 9.17) is 5.26 Å². The van der Waals surface area contributed by atoms with E-state index < -0.39 is 0 Å². The minimum absolute atomic E-state index is 0.146. The molecule has 2 saturated carbocycles. The minimum Gasteiger partial charge on any atom is -0.206 e. The first-order chi connectivity index (χ1) is 12.7. The molecule has 0 atom stereocenters. The van der Waals surface area contributed by atoms with Crippen molar-refractivity contribution in [2.24, 2.45) is 17.8 Å². The van der Waals surface area contributed by atoms with Gasteiger partial charge in [-0.15, -0.1) is 6.58 Å². The van der Waals surface area contributed by atoms with Crippen molar-refractivity contribution in [1.82, 2.24) is 0 Å². The summed E-state index contributed by atoms with van der Waals surface area (Å²) in [4.78, 5) is 0. The molecule has 0 radical (unpaired) electrons. The molecule has 0 unspecified atom stereocenters. The molecule has 1 aromatic rings. The van der Waals surface area contributed by atoms with Gasteiger partial charge in [0.25, 0.3) is 0 Å². The van der Waals surface area contributed by atoms with E-state index in [1.165, 1.54) is 44.9 Å². The number of hydrogen-bond donors (Lipinski definition) is 0. The number of halogens is 1. The maximum atomic E-state index is 13.8. The summed E-state index contributed by atoms with van der Waals surface area (Å²) in [7, 11) is 0. The Bertz CT molecular complexity index is 668. The van der Waals surface area contributed by atoms with Crippen LogP contribution in [0.4, 0.5) is 4.39 Å². The van der Waals surface area contributed by atoms with Gasteiger partial charge < -0.3 is 0 Å². The summed E-state index contributed by atoms with van der Waals surface area (Å²) in [6, 6.07) is 7.03. The number of hydrogen-bond acceptors (Lipinski definition) is 1. The zero-order valence-electron chi connectivity index (χ0n) is 15.7. The van der Waals surface area contributed by atoms with E-state index in [9.17, 15) is 4.39 Å². The van der Waals surface area contributed by atoms with Gasteiger partial charge in [-0.1, -0.05) is 24.3 Å². The summed E-state index contributed by atoms with van der Waals surface area (Å²) in [5.41, 5.74) is 1.21. The molecule has 0 amide bonds. The van der Waals surface area contributed by atoms with Crippen molar-refractivity contribution in [3.63, 3.8) is 0 Å². The van der Waals surface area contributed by atoms with Gasteiger partial charge in [0.2, 0.25) is 0 Å². The van der Waals surface area contributed by atoms with Crippen LogP contribution in [0.5, 0.6) is 0 Å². The molecule has 0 aliphatic heterocycles. The Hall–Kier alpha value is -1.88. The zero-order valence-corrected chi connectivity index (χ0v) is 15.7. The van der Waals surface area contributed by atoms with E-state index in [2.05, 4.69) is 24.8 Å². The number of allylic oxidation sites excluding steroid dienone is 3. The van der Waals surface area contributed by atoms with Crippen LogP contribution in [0.3, 0.4) is 0 Å². The molecule has 1 aromatic carbocycles. The molecule has 0 spiro atoms. The molecule has 0 N–H and O–H groups in total. The molecule has 0 heterocycles. The maximum Gasteiger partial charge on any atom is 0.141 e. The fourth-order valence-corrected chi connectivity index (χ4v) is 4.69. The standard InChI is InChI=1S/C24H30FN/c1-2-3-18-4-6-19(7-5-18)8-9-20-10-12-21(13-11-20)22-14-15-23(17-26)24(25)16-22/h2,8-9,14-16,18-21H,1,3-7,10-13H2/t18-,19-,20-,21-. The molecule has 2 fully saturated rings. The van der Waals surface area contributed by atoms with Crippen LogP contribution in [-0.2, 0) is 0 Å². The highest BCUT2D eigenvalue weighted by molar-refractivity contribution is 5.35. The van der Waals surface area contributed by atoms with Crippen LogP contribution in [0.25, 0.3) is 0 Å². The van der Waals surface area contributed by atoms with Crippen LogP contribution in [0, 0.1) is 34.9 Å². The van der Waals surface area contributed by atoms with E-state index in [-0.39, 0.29) is 11.4 Å². The summed E-state index contributed by atoms with van der Waals surface area (Å²) < 4.78 is 13.8. The van der Waals surface area contributed by atoms with Gasteiger partial charge in [0, 0.05) is 0 Å². The molecule has 3 rings (SSSR count). The number of rotatable bonds is 5. The summed E-state index contributed by atoms with van der Waals surface area (Å²) in [5.74, 6) is 2.37. The summed E-state index contributed by atoms with van der Waals surface area (Å²) in [5, 5.41) is 8.86. The minimum atomic E-state index is -0.376. The first-order valence-corrected chi connectivity index (χ1v) is 10.2. The topological polar surface area (TPSA) is 23.8 Å². The van der Waals surface area contributed by atoms with Crippen molar-refractivity contribution in [1.29, 1.82) is 5.26 Å². The van der Waals surface area contributed by atoms with E-state index in [1.54, 1.807) is 12.1 Å². The second kappa shape index (κ2) is 9.17. The lowest BCUT2D eigenvalue weighted by Gasteiger charge is -2.29. The van der Waals surface area contributed by atoms with Crippen LogP contribution in [-0.4, -0.2) is 0 Å². The van der Waals surface area contributed by atoms with Gasteiger partial charge in [-0.2, -0.15) is 5.26 Å². The van der Waals surface area contributed by atoms with Crippen molar-refractivity contribution in [2.45, 2.75) is 63.7 Å². The fourth-order valence-electron chi connectivity index (χ4n) is 4.69. The van der Waals surface area contributed by atoms with Crippen molar-refractivity contribution >= 4 is 0 Å². The average Bonchev–Trinajstić information content (AvgIpc) is 2.68. The molecule has 2 aliphatic rings. The molecule has 26 heavy (non-hydrogen) atoms. The average molecular weight is 352 g/mol. The summed E-state index contributed by atoms with van der Waals surface area (Å²) >= 11 is 0. The van der Waals surface area contributed by atoms with Gasteiger partial charge in [-0.3, -0.25) is 0 Å². The highest BCUT2D eigenvalue weighted by Crippen LogP contribution is 2.38. The van der Waals surface area contributed by atoms with Crippen LogP contribution in [0.15, 0.2) is 43.0 Å². The van der Waals surface area contributed by atoms with E-state index in [1.807, 2.05) is 12.1 Å². The molecule has 0 saturated heterocycles. The Morgan fingerprint density at radius 1 is 1.00 bits per heavy atom. The Morgan fingerprint density at radius 3 is 2.15 bits per heavy atom. The van der Waals surface area contributed by atoms with Gasteiger partial charge in [-0.05, 0) is 99.2 Å². The third-order valence-corrected chi connectivity index (χ3v) is 6.40. The largest absolute Gasteiger partial charge is 0.206 e. The summed E-state index contributed by atoms with van der Waals surface area (Å²) in [6.07, 6.45) is 18.2. The molecule has 2 heteroatoms. The smallest absolute Gasteiger partial charge is 0.141 e. The number of nitrogens with zero attached hydrogens (tertiary/aromatic N) is 1. The number of nitriles is 1. The third kappa shape index (κ3) is 4.85. The predicted octanol–water partition coefficient (Wildman–Crippen LogP) is 6.91. The van der Waals surface area contributed by atoms with Crippen LogP contribution in [0.1, 0.15) is 74.8 Å². The zero-order chi connectivity index (χ0) is 18.4. The van der Waals surface area contributed by atoms with Gasteiger partial charge >= 0.3 is 0 Å². The van der Waals surface area contributed by atoms with Crippen molar-refractivity contribution in [3.05, 3.63) is 60.0 Å². The quantitative estimate of drug-likeness (QED) is 0.529. The highest BCUT2D eigenvalue weighted by atomic mass is 19.1. The fraction of sp³-hybridized carbons (Fsp3) is 0.542. The first-order valence-electron chi connectivity index (χ1n) is 10.2. The second-order valence-corrected chi connectivity index (χ2v) is 8.15. The summed E-state index contributed by atoms with van der Waals surface area (Å²) in [6.45, 7) is 3.86. The SMILES string of the molecule is C=CC[C@H]1CC[C@H](C=C[C@H]2CC[C@H](c3ccc(C#N)c(F)c3)CC2)CC1. The Morgan fingerprint density at radius 2 is 1.62 bits per heavy atom. The third-order valence-electron chi connectivity index (χ3n) is 6.40. The van der Waals surface area contributed by atoms with Crippen molar-refractivity contribution < 1.29 is 4.39 Å². The van der Waals surface area contributed by atoms with Gasteiger partial charge in [0.15, 0.2) is 0 Å².